The van der Waals surface area contributed by atoms with Crippen LogP contribution in [0.5, 0.6) is 0 Å². The van der Waals surface area contributed by atoms with Crippen molar-refractivity contribution in [2.75, 3.05) is 0 Å². The summed E-state index contributed by atoms with van der Waals surface area (Å²) < 4.78 is 0. The molecule has 4 rings (SSSR count). The van der Waals surface area contributed by atoms with Crippen molar-refractivity contribution in [2.45, 2.75) is 25.3 Å². The minimum atomic E-state index is 0.0960. The van der Waals surface area contributed by atoms with Gasteiger partial charge in [0.05, 0.1) is 5.69 Å². The van der Waals surface area contributed by atoms with Gasteiger partial charge in [-0.25, -0.2) is 4.98 Å². The van der Waals surface area contributed by atoms with Crippen LogP contribution < -0.4 is 5.73 Å². The minimum absolute atomic E-state index is 0.0960. The number of pyridine rings is 1. The van der Waals surface area contributed by atoms with Gasteiger partial charge >= 0.3 is 0 Å². The average Bonchev–Trinajstić information content (AvgIpc) is 2.92. The van der Waals surface area contributed by atoms with Crippen molar-refractivity contribution in [1.82, 2.24) is 9.97 Å². The molecule has 4 heteroatoms. The van der Waals surface area contributed by atoms with Crippen molar-refractivity contribution in [3.63, 3.8) is 0 Å². The van der Waals surface area contributed by atoms with Gasteiger partial charge in [-0.15, -0.1) is 11.3 Å². The molecule has 0 aliphatic heterocycles. The predicted molar refractivity (Wildman–Crippen MR) is 82.7 cm³/mol. The van der Waals surface area contributed by atoms with E-state index in [2.05, 4.69) is 23.2 Å². The number of benzene rings is 1. The van der Waals surface area contributed by atoms with Crippen molar-refractivity contribution in [3.8, 4) is 10.7 Å². The molecule has 2 heterocycles. The Hall–Kier alpha value is -1.78. The first kappa shape index (κ1) is 12.0. The highest BCUT2D eigenvalue weighted by atomic mass is 32.1. The van der Waals surface area contributed by atoms with Crippen molar-refractivity contribution in [2.24, 2.45) is 5.73 Å². The minimum Gasteiger partial charge on any atom is -0.323 e. The van der Waals surface area contributed by atoms with E-state index in [1.54, 1.807) is 11.3 Å². The van der Waals surface area contributed by atoms with Crippen LogP contribution in [0.15, 0.2) is 36.5 Å². The van der Waals surface area contributed by atoms with E-state index in [9.17, 15) is 0 Å². The van der Waals surface area contributed by atoms with Gasteiger partial charge in [0.1, 0.15) is 10.7 Å². The van der Waals surface area contributed by atoms with E-state index >= 15 is 0 Å². The molecule has 1 unspecified atom stereocenters. The highest BCUT2D eigenvalue weighted by Gasteiger charge is 2.23. The van der Waals surface area contributed by atoms with Crippen LogP contribution in [0.4, 0.5) is 0 Å². The third kappa shape index (κ3) is 1.84. The molecule has 1 aromatic carbocycles. The first-order chi connectivity index (χ1) is 9.83. The molecule has 1 aliphatic carbocycles. The average molecular weight is 281 g/mol. The van der Waals surface area contributed by atoms with Gasteiger partial charge in [-0.2, -0.15) is 0 Å². The lowest BCUT2D eigenvalue weighted by molar-refractivity contribution is 0.564. The lowest BCUT2D eigenvalue weighted by Crippen LogP contribution is -2.16. The van der Waals surface area contributed by atoms with Crippen LogP contribution in [0.25, 0.3) is 21.5 Å². The van der Waals surface area contributed by atoms with E-state index in [-0.39, 0.29) is 6.04 Å². The van der Waals surface area contributed by atoms with Gasteiger partial charge in [-0.1, -0.05) is 24.3 Å². The number of nitrogens with zero attached hydrogens (tertiary/aromatic N) is 2. The zero-order valence-electron chi connectivity index (χ0n) is 11.0. The second kappa shape index (κ2) is 4.65. The number of fused-ring (bicyclic) bond motifs is 2. The molecule has 0 radical (unpaired) electrons. The summed E-state index contributed by atoms with van der Waals surface area (Å²) in [6.45, 7) is 0. The summed E-state index contributed by atoms with van der Waals surface area (Å²) in [5, 5.41) is 3.37. The topological polar surface area (TPSA) is 51.8 Å². The maximum absolute atomic E-state index is 6.17. The van der Waals surface area contributed by atoms with Crippen LogP contribution in [0.3, 0.4) is 0 Å². The second-order valence-corrected chi connectivity index (χ2v) is 6.29. The quantitative estimate of drug-likeness (QED) is 0.740. The Balaban J connectivity index is 1.92. The lowest BCUT2D eigenvalue weighted by atomic mass is 9.99. The molecule has 1 aliphatic rings. The van der Waals surface area contributed by atoms with Gasteiger partial charge in [0, 0.05) is 22.5 Å². The molecule has 20 heavy (non-hydrogen) atoms. The summed E-state index contributed by atoms with van der Waals surface area (Å²) in [6.07, 6.45) is 5.17. The van der Waals surface area contributed by atoms with Gasteiger partial charge in [0.2, 0.25) is 0 Å². The monoisotopic (exact) mass is 281 g/mol. The molecular formula is C16H15N3S. The van der Waals surface area contributed by atoms with Crippen molar-refractivity contribution < 1.29 is 0 Å². The summed E-state index contributed by atoms with van der Waals surface area (Å²) in [6, 6.07) is 10.5. The Bertz CT molecular complexity index is 773. The van der Waals surface area contributed by atoms with Crippen molar-refractivity contribution in [1.29, 1.82) is 0 Å². The standard InChI is InChI=1S/C16H15N3S/c17-12-6-3-7-13-15(12)19-16(20-13)14-11-5-2-1-4-10(11)8-9-18-14/h1-2,4-5,8-9,12H,3,6-7,17H2. The van der Waals surface area contributed by atoms with Gasteiger partial charge in [-0.05, 0) is 30.7 Å². The molecule has 0 spiro atoms. The number of hydrogen-bond acceptors (Lipinski definition) is 4. The largest absolute Gasteiger partial charge is 0.323 e. The van der Waals surface area contributed by atoms with E-state index in [0.717, 1.165) is 34.6 Å². The van der Waals surface area contributed by atoms with Gasteiger partial charge in [-0.3, -0.25) is 4.98 Å². The molecule has 2 aromatic heterocycles. The van der Waals surface area contributed by atoms with E-state index in [0.29, 0.717) is 0 Å². The summed E-state index contributed by atoms with van der Waals surface area (Å²) in [7, 11) is 0. The summed E-state index contributed by atoms with van der Waals surface area (Å²) in [4.78, 5) is 10.7. The summed E-state index contributed by atoms with van der Waals surface area (Å²) in [5.41, 5.74) is 8.24. The molecule has 0 saturated carbocycles. The van der Waals surface area contributed by atoms with Crippen molar-refractivity contribution >= 4 is 22.1 Å². The molecule has 0 amide bonds. The van der Waals surface area contributed by atoms with E-state index in [1.807, 2.05) is 18.3 Å². The first-order valence-electron chi connectivity index (χ1n) is 6.92. The van der Waals surface area contributed by atoms with Gasteiger partial charge < -0.3 is 5.73 Å². The van der Waals surface area contributed by atoms with Gasteiger partial charge in [0.25, 0.3) is 0 Å². The number of nitrogens with two attached hydrogens (primary N) is 1. The highest BCUT2D eigenvalue weighted by Crippen LogP contribution is 2.37. The zero-order valence-corrected chi connectivity index (χ0v) is 11.9. The lowest BCUT2D eigenvalue weighted by Gasteiger charge is -2.15. The van der Waals surface area contributed by atoms with Crippen LogP contribution in [0, 0.1) is 0 Å². The predicted octanol–water partition coefficient (Wildman–Crippen LogP) is 3.69. The molecule has 0 bridgehead atoms. The molecular weight excluding hydrogens is 266 g/mol. The second-order valence-electron chi connectivity index (χ2n) is 5.21. The molecule has 2 N–H and O–H groups in total. The fourth-order valence-corrected chi connectivity index (χ4v) is 4.03. The highest BCUT2D eigenvalue weighted by molar-refractivity contribution is 7.15. The van der Waals surface area contributed by atoms with E-state index in [4.69, 9.17) is 10.7 Å². The Morgan fingerprint density at radius 3 is 3.00 bits per heavy atom. The van der Waals surface area contributed by atoms with E-state index < -0.39 is 0 Å². The number of aromatic nitrogens is 2. The third-order valence-corrected chi connectivity index (χ3v) is 5.01. The Labute approximate surface area is 121 Å². The molecule has 3 nitrogen and oxygen atoms in total. The van der Waals surface area contributed by atoms with E-state index in [1.165, 1.54) is 16.7 Å². The normalized spacial score (nSPS) is 18.1. The Morgan fingerprint density at radius 2 is 2.10 bits per heavy atom. The molecule has 3 aromatic rings. The molecule has 1 atom stereocenters. The summed E-state index contributed by atoms with van der Waals surface area (Å²) in [5.74, 6) is 0. The third-order valence-electron chi connectivity index (χ3n) is 3.87. The molecule has 0 fully saturated rings. The fourth-order valence-electron chi connectivity index (χ4n) is 2.84. The molecule has 0 saturated heterocycles. The smallest absolute Gasteiger partial charge is 0.143 e. The fraction of sp³-hybridized carbons (Fsp3) is 0.250. The molecule has 100 valence electrons. The van der Waals surface area contributed by atoms with Crippen LogP contribution in [-0.4, -0.2) is 9.97 Å². The number of hydrogen-bond donors (Lipinski definition) is 1. The Kier molecular flexibility index (Phi) is 2.79. The van der Waals surface area contributed by atoms with Crippen molar-refractivity contribution in [3.05, 3.63) is 47.1 Å². The van der Waals surface area contributed by atoms with Crippen LogP contribution in [0.1, 0.15) is 29.5 Å². The van der Waals surface area contributed by atoms with Crippen LogP contribution >= 0.6 is 11.3 Å². The Morgan fingerprint density at radius 1 is 1.20 bits per heavy atom. The number of aryl methyl sites for hydroxylation is 1. The van der Waals surface area contributed by atoms with Crippen LogP contribution in [-0.2, 0) is 6.42 Å². The number of thiazole rings is 1. The number of rotatable bonds is 1. The van der Waals surface area contributed by atoms with Gasteiger partial charge in [0.15, 0.2) is 0 Å². The maximum atomic E-state index is 6.17. The van der Waals surface area contributed by atoms with Crippen LogP contribution in [0.2, 0.25) is 0 Å². The summed E-state index contributed by atoms with van der Waals surface area (Å²) >= 11 is 1.75. The SMILES string of the molecule is NC1CCCc2sc(-c3nccc4ccccc34)nc21. The first-order valence-corrected chi connectivity index (χ1v) is 7.74. The zero-order chi connectivity index (χ0) is 13.5. The maximum Gasteiger partial charge on any atom is 0.143 e.